The first kappa shape index (κ1) is 15.7. The summed E-state index contributed by atoms with van der Waals surface area (Å²) in [6.45, 7) is 6.79. The molecule has 0 saturated heterocycles. The molecule has 1 aromatic carbocycles. The SMILES string of the molecule is CCOC(=O)CC(OCC)(OCC)c1ccccc1. The third kappa shape index (κ3) is 4.33. The highest BCUT2D eigenvalue weighted by Gasteiger charge is 2.37. The van der Waals surface area contributed by atoms with E-state index in [0.717, 1.165) is 5.56 Å². The van der Waals surface area contributed by atoms with Gasteiger partial charge in [0, 0.05) is 18.8 Å². The molecule has 0 fully saturated rings. The molecule has 0 N–H and O–H groups in total. The summed E-state index contributed by atoms with van der Waals surface area (Å²) in [5, 5.41) is 0. The van der Waals surface area contributed by atoms with Gasteiger partial charge in [-0.2, -0.15) is 0 Å². The van der Waals surface area contributed by atoms with Crippen LogP contribution in [0.4, 0.5) is 0 Å². The smallest absolute Gasteiger partial charge is 0.311 e. The maximum Gasteiger partial charge on any atom is 0.311 e. The summed E-state index contributed by atoms with van der Waals surface area (Å²) in [7, 11) is 0. The van der Waals surface area contributed by atoms with E-state index in [-0.39, 0.29) is 12.4 Å². The third-order valence-electron chi connectivity index (χ3n) is 2.65. The van der Waals surface area contributed by atoms with Crippen LogP contribution in [0, 0.1) is 0 Å². The van der Waals surface area contributed by atoms with Gasteiger partial charge in [0.25, 0.3) is 0 Å². The Labute approximate surface area is 114 Å². The molecule has 1 rings (SSSR count). The third-order valence-corrected chi connectivity index (χ3v) is 2.65. The van der Waals surface area contributed by atoms with Crippen LogP contribution in [0.15, 0.2) is 30.3 Å². The number of carbonyl (C=O) groups excluding carboxylic acids is 1. The molecule has 0 aliphatic heterocycles. The zero-order valence-electron chi connectivity index (χ0n) is 11.8. The topological polar surface area (TPSA) is 44.8 Å². The molecule has 4 heteroatoms. The zero-order chi connectivity index (χ0) is 14.1. The van der Waals surface area contributed by atoms with Crippen molar-refractivity contribution in [2.75, 3.05) is 19.8 Å². The molecular weight excluding hydrogens is 244 g/mol. The number of rotatable bonds is 8. The monoisotopic (exact) mass is 266 g/mol. The molecule has 0 heterocycles. The predicted molar refractivity (Wildman–Crippen MR) is 72.6 cm³/mol. The fourth-order valence-corrected chi connectivity index (χ4v) is 1.97. The highest BCUT2D eigenvalue weighted by molar-refractivity contribution is 5.70. The number of hydrogen-bond donors (Lipinski definition) is 0. The van der Waals surface area contributed by atoms with Gasteiger partial charge in [-0.25, -0.2) is 0 Å². The zero-order valence-corrected chi connectivity index (χ0v) is 11.8. The Morgan fingerprint density at radius 1 is 1.00 bits per heavy atom. The van der Waals surface area contributed by atoms with Gasteiger partial charge in [0.2, 0.25) is 5.79 Å². The van der Waals surface area contributed by atoms with Crippen LogP contribution in [0.25, 0.3) is 0 Å². The van der Waals surface area contributed by atoms with Crippen LogP contribution < -0.4 is 0 Å². The van der Waals surface area contributed by atoms with Gasteiger partial charge in [0.1, 0.15) is 6.42 Å². The van der Waals surface area contributed by atoms with Crippen LogP contribution >= 0.6 is 0 Å². The Morgan fingerprint density at radius 2 is 1.58 bits per heavy atom. The van der Waals surface area contributed by atoms with Gasteiger partial charge in [0.05, 0.1) is 6.61 Å². The Kier molecular flexibility index (Phi) is 6.53. The van der Waals surface area contributed by atoms with E-state index in [1.54, 1.807) is 6.92 Å². The van der Waals surface area contributed by atoms with Gasteiger partial charge in [-0.3, -0.25) is 4.79 Å². The fourth-order valence-electron chi connectivity index (χ4n) is 1.97. The van der Waals surface area contributed by atoms with Crippen LogP contribution in [-0.4, -0.2) is 25.8 Å². The average Bonchev–Trinajstić information content (AvgIpc) is 2.40. The Bertz CT molecular complexity index is 369. The standard InChI is InChI=1S/C15H22O4/c1-4-17-14(16)12-15(18-5-2,19-6-3)13-10-8-7-9-11-13/h7-11H,4-6,12H2,1-3H3. The summed E-state index contributed by atoms with van der Waals surface area (Å²) < 4.78 is 16.5. The normalized spacial score (nSPS) is 11.3. The molecule has 0 unspecified atom stereocenters. The van der Waals surface area contributed by atoms with Crippen molar-refractivity contribution in [3.05, 3.63) is 35.9 Å². The molecule has 106 valence electrons. The summed E-state index contributed by atoms with van der Waals surface area (Å²) in [5.41, 5.74) is 0.826. The van der Waals surface area contributed by atoms with E-state index >= 15 is 0 Å². The molecule has 0 atom stereocenters. The largest absolute Gasteiger partial charge is 0.466 e. The number of hydrogen-bond acceptors (Lipinski definition) is 4. The molecule has 0 aromatic heterocycles. The molecule has 0 aliphatic rings. The molecular formula is C15H22O4. The second-order valence-corrected chi connectivity index (χ2v) is 3.97. The molecule has 19 heavy (non-hydrogen) atoms. The van der Waals surface area contributed by atoms with Crippen molar-refractivity contribution >= 4 is 5.97 Å². The minimum Gasteiger partial charge on any atom is -0.466 e. The number of carbonyl (C=O) groups is 1. The van der Waals surface area contributed by atoms with E-state index < -0.39 is 5.79 Å². The van der Waals surface area contributed by atoms with Crippen molar-refractivity contribution in [3.8, 4) is 0 Å². The van der Waals surface area contributed by atoms with Gasteiger partial charge in [-0.05, 0) is 20.8 Å². The summed E-state index contributed by atoms with van der Waals surface area (Å²) in [4.78, 5) is 11.8. The maximum absolute atomic E-state index is 11.8. The van der Waals surface area contributed by atoms with Crippen molar-refractivity contribution < 1.29 is 19.0 Å². The van der Waals surface area contributed by atoms with E-state index in [4.69, 9.17) is 14.2 Å². The van der Waals surface area contributed by atoms with Crippen LogP contribution in [0.1, 0.15) is 32.8 Å². The second-order valence-electron chi connectivity index (χ2n) is 3.97. The molecule has 0 aliphatic carbocycles. The van der Waals surface area contributed by atoms with Gasteiger partial charge >= 0.3 is 5.97 Å². The van der Waals surface area contributed by atoms with Gasteiger partial charge in [-0.15, -0.1) is 0 Å². The van der Waals surface area contributed by atoms with Gasteiger partial charge < -0.3 is 14.2 Å². The van der Waals surface area contributed by atoms with Crippen molar-refractivity contribution in [1.29, 1.82) is 0 Å². The molecule has 1 aromatic rings. The number of esters is 1. The lowest BCUT2D eigenvalue weighted by Gasteiger charge is -2.32. The lowest BCUT2D eigenvalue weighted by Crippen LogP contribution is -2.36. The highest BCUT2D eigenvalue weighted by Crippen LogP contribution is 2.31. The maximum atomic E-state index is 11.8. The van der Waals surface area contributed by atoms with Crippen molar-refractivity contribution in [2.24, 2.45) is 0 Å². The first-order valence-electron chi connectivity index (χ1n) is 6.67. The number of benzene rings is 1. The molecule has 0 saturated carbocycles. The van der Waals surface area contributed by atoms with Gasteiger partial charge in [-0.1, -0.05) is 30.3 Å². The van der Waals surface area contributed by atoms with Crippen LogP contribution in [0.3, 0.4) is 0 Å². The van der Waals surface area contributed by atoms with Crippen LogP contribution in [0.5, 0.6) is 0 Å². The van der Waals surface area contributed by atoms with E-state index in [1.807, 2.05) is 44.2 Å². The summed E-state index contributed by atoms with van der Waals surface area (Å²) in [6.07, 6.45) is 0.0481. The molecule has 0 radical (unpaired) electrons. The summed E-state index contributed by atoms with van der Waals surface area (Å²) >= 11 is 0. The molecule has 0 spiro atoms. The Morgan fingerprint density at radius 3 is 2.05 bits per heavy atom. The van der Waals surface area contributed by atoms with Crippen molar-refractivity contribution in [3.63, 3.8) is 0 Å². The quantitative estimate of drug-likeness (QED) is 0.536. The number of ether oxygens (including phenoxy) is 3. The fraction of sp³-hybridized carbons (Fsp3) is 0.533. The lowest BCUT2D eigenvalue weighted by atomic mass is 10.0. The summed E-state index contributed by atoms with van der Waals surface area (Å²) in [6, 6.07) is 9.49. The first-order chi connectivity index (χ1) is 9.18. The average molecular weight is 266 g/mol. The van der Waals surface area contributed by atoms with Crippen molar-refractivity contribution in [1.82, 2.24) is 0 Å². The Hall–Kier alpha value is -1.39. The van der Waals surface area contributed by atoms with E-state index in [9.17, 15) is 4.79 Å². The molecule has 0 bridgehead atoms. The minimum absolute atomic E-state index is 0.0481. The van der Waals surface area contributed by atoms with Crippen LogP contribution in [-0.2, 0) is 24.8 Å². The van der Waals surface area contributed by atoms with E-state index in [1.165, 1.54) is 0 Å². The second kappa shape index (κ2) is 7.92. The Balaban J connectivity index is 3.03. The predicted octanol–water partition coefficient (Wildman–Crippen LogP) is 2.87. The van der Waals surface area contributed by atoms with E-state index in [0.29, 0.717) is 19.8 Å². The molecule has 4 nitrogen and oxygen atoms in total. The van der Waals surface area contributed by atoms with E-state index in [2.05, 4.69) is 0 Å². The lowest BCUT2D eigenvalue weighted by molar-refractivity contribution is -0.248. The molecule has 0 amide bonds. The van der Waals surface area contributed by atoms with Gasteiger partial charge in [0.15, 0.2) is 0 Å². The highest BCUT2D eigenvalue weighted by atomic mass is 16.7. The van der Waals surface area contributed by atoms with Crippen LogP contribution in [0.2, 0.25) is 0 Å². The summed E-state index contributed by atoms with van der Waals surface area (Å²) in [5.74, 6) is -1.38. The minimum atomic E-state index is -1.06. The van der Waals surface area contributed by atoms with Crippen molar-refractivity contribution in [2.45, 2.75) is 33.0 Å². The first-order valence-corrected chi connectivity index (χ1v) is 6.67.